The molecule has 0 aliphatic carbocycles. The third-order valence-corrected chi connectivity index (χ3v) is 5.66. The zero-order valence-electron chi connectivity index (χ0n) is 11.4. The Kier molecular flexibility index (Phi) is 3.99. The van der Waals surface area contributed by atoms with Crippen LogP contribution in [-0.2, 0) is 10.0 Å². The Bertz CT molecular complexity index is 525. The molecule has 0 spiro atoms. The molecule has 0 amide bonds. The van der Waals surface area contributed by atoms with Crippen molar-refractivity contribution < 1.29 is 13.5 Å². The van der Waals surface area contributed by atoms with Crippen LogP contribution in [0.4, 0.5) is 0 Å². The summed E-state index contributed by atoms with van der Waals surface area (Å²) in [6.07, 6.45) is 0.506. The van der Waals surface area contributed by atoms with E-state index < -0.39 is 15.6 Å². The van der Waals surface area contributed by atoms with Gasteiger partial charge in [0.1, 0.15) is 0 Å². The van der Waals surface area contributed by atoms with Crippen LogP contribution in [0.2, 0.25) is 0 Å². The summed E-state index contributed by atoms with van der Waals surface area (Å²) < 4.78 is 26.0. The molecule has 1 saturated heterocycles. The molecule has 0 saturated carbocycles. The van der Waals surface area contributed by atoms with Crippen molar-refractivity contribution in [2.45, 2.75) is 31.8 Å². The van der Waals surface area contributed by atoms with E-state index in [1.807, 2.05) is 37.3 Å². The van der Waals surface area contributed by atoms with Crippen LogP contribution in [0.5, 0.6) is 0 Å². The van der Waals surface area contributed by atoms with Gasteiger partial charge in [-0.05, 0) is 24.8 Å². The summed E-state index contributed by atoms with van der Waals surface area (Å²) in [6.45, 7) is 4.22. The molecule has 0 aromatic heterocycles. The quantitative estimate of drug-likeness (QED) is 0.912. The van der Waals surface area contributed by atoms with Crippen molar-refractivity contribution >= 4 is 10.0 Å². The van der Waals surface area contributed by atoms with E-state index in [4.69, 9.17) is 0 Å². The van der Waals surface area contributed by atoms with E-state index in [1.54, 1.807) is 6.92 Å². The fraction of sp³-hybridized carbons (Fsp3) is 0.571. The van der Waals surface area contributed by atoms with Crippen molar-refractivity contribution in [3.05, 3.63) is 35.9 Å². The van der Waals surface area contributed by atoms with E-state index in [0.717, 1.165) is 5.56 Å². The van der Waals surface area contributed by atoms with E-state index in [-0.39, 0.29) is 18.2 Å². The van der Waals surface area contributed by atoms with Gasteiger partial charge in [-0.3, -0.25) is 0 Å². The molecule has 1 aromatic rings. The average Bonchev–Trinajstić information content (AvgIpc) is 2.71. The van der Waals surface area contributed by atoms with Crippen molar-refractivity contribution in [2.75, 3.05) is 18.8 Å². The van der Waals surface area contributed by atoms with Crippen LogP contribution < -0.4 is 0 Å². The third-order valence-electron chi connectivity index (χ3n) is 3.64. The summed E-state index contributed by atoms with van der Waals surface area (Å²) >= 11 is 0. The molecule has 0 bridgehead atoms. The van der Waals surface area contributed by atoms with Crippen LogP contribution in [-0.4, -0.2) is 42.3 Å². The Labute approximate surface area is 115 Å². The Morgan fingerprint density at radius 1 is 1.37 bits per heavy atom. The molecule has 1 aliphatic heterocycles. The molecule has 1 heterocycles. The van der Waals surface area contributed by atoms with E-state index in [2.05, 4.69) is 0 Å². The monoisotopic (exact) mass is 283 g/mol. The first kappa shape index (κ1) is 14.5. The van der Waals surface area contributed by atoms with Gasteiger partial charge in [-0.1, -0.05) is 37.3 Å². The maximum absolute atomic E-state index is 12.3. The number of nitrogens with zero attached hydrogens (tertiary/aromatic N) is 1. The first-order valence-corrected chi connectivity index (χ1v) is 8.16. The normalized spacial score (nSPS) is 26.5. The van der Waals surface area contributed by atoms with Gasteiger partial charge in [0.25, 0.3) is 0 Å². The van der Waals surface area contributed by atoms with E-state index in [1.165, 1.54) is 4.31 Å². The number of aliphatic hydroxyl groups is 1. The van der Waals surface area contributed by atoms with Crippen molar-refractivity contribution in [2.24, 2.45) is 0 Å². The second kappa shape index (κ2) is 5.23. The van der Waals surface area contributed by atoms with Gasteiger partial charge >= 0.3 is 0 Å². The highest BCUT2D eigenvalue weighted by Crippen LogP contribution is 2.26. The Morgan fingerprint density at radius 3 is 2.53 bits per heavy atom. The van der Waals surface area contributed by atoms with Crippen molar-refractivity contribution in [3.8, 4) is 0 Å². The minimum atomic E-state index is -3.31. The van der Waals surface area contributed by atoms with Gasteiger partial charge in [0, 0.05) is 13.1 Å². The van der Waals surface area contributed by atoms with Gasteiger partial charge in [-0.15, -0.1) is 0 Å². The van der Waals surface area contributed by atoms with Gasteiger partial charge in [0.2, 0.25) is 10.0 Å². The van der Waals surface area contributed by atoms with E-state index >= 15 is 0 Å². The fourth-order valence-electron chi connectivity index (χ4n) is 2.44. The Hall–Kier alpha value is -0.910. The lowest BCUT2D eigenvalue weighted by molar-refractivity contribution is 0.0762. The summed E-state index contributed by atoms with van der Waals surface area (Å²) in [4.78, 5) is 0. The van der Waals surface area contributed by atoms with Gasteiger partial charge < -0.3 is 5.11 Å². The number of rotatable bonds is 4. The smallest absolute Gasteiger partial charge is 0.214 e. The molecule has 0 radical (unpaired) electrons. The Morgan fingerprint density at radius 2 is 2.00 bits per heavy atom. The van der Waals surface area contributed by atoms with Crippen molar-refractivity contribution in [3.63, 3.8) is 0 Å². The second-order valence-electron chi connectivity index (χ2n) is 5.67. The second-order valence-corrected chi connectivity index (χ2v) is 7.68. The summed E-state index contributed by atoms with van der Waals surface area (Å²) in [6, 6.07) is 9.64. The van der Waals surface area contributed by atoms with E-state index in [9.17, 15) is 13.5 Å². The van der Waals surface area contributed by atoms with Crippen LogP contribution in [0.1, 0.15) is 31.7 Å². The molecule has 106 valence electrons. The predicted octanol–water partition coefficient (Wildman–Crippen LogP) is 1.58. The molecule has 1 aromatic carbocycles. The lowest BCUT2D eigenvalue weighted by Crippen LogP contribution is -2.36. The highest BCUT2D eigenvalue weighted by atomic mass is 32.2. The highest BCUT2D eigenvalue weighted by Gasteiger charge is 2.38. The summed E-state index contributed by atoms with van der Waals surface area (Å²) in [5.41, 5.74) is 0.139. The summed E-state index contributed by atoms with van der Waals surface area (Å²) in [7, 11) is -3.31. The maximum Gasteiger partial charge on any atom is 0.214 e. The topological polar surface area (TPSA) is 57.6 Å². The number of hydrogen-bond donors (Lipinski definition) is 1. The largest absolute Gasteiger partial charge is 0.389 e. The molecule has 1 N–H and O–H groups in total. The predicted molar refractivity (Wildman–Crippen MR) is 75.5 cm³/mol. The van der Waals surface area contributed by atoms with Crippen LogP contribution in [0.3, 0.4) is 0 Å². The van der Waals surface area contributed by atoms with Crippen molar-refractivity contribution in [1.29, 1.82) is 0 Å². The van der Waals surface area contributed by atoms with Crippen LogP contribution >= 0.6 is 0 Å². The Balaban J connectivity index is 2.06. The number of hydrogen-bond acceptors (Lipinski definition) is 3. The number of sulfonamides is 1. The minimum Gasteiger partial charge on any atom is -0.389 e. The lowest BCUT2D eigenvalue weighted by atomic mass is 10.0. The molecule has 19 heavy (non-hydrogen) atoms. The first-order valence-electron chi connectivity index (χ1n) is 6.55. The molecule has 1 fully saturated rings. The molecular weight excluding hydrogens is 262 g/mol. The zero-order chi connectivity index (χ0) is 14.1. The molecule has 2 atom stereocenters. The van der Waals surface area contributed by atoms with Crippen LogP contribution in [0.25, 0.3) is 0 Å². The maximum atomic E-state index is 12.3. The van der Waals surface area contributed by atoms with Gasteiger partial charge in [0.05, 0.1) is 11.4 Å². The summed E-state index contributed by atoms with van der Waals surface area (Å²) in [5, 5.41) is 9.87. The number of benzene rings is 1. The molecule has 1 aliphatic rings. The standard InChI is InChI=1S/C14H21NO3S/c1-12(13-6-4-3-5-7-13)10-19(17,18)15-9-8-14(2,16)11-15/h3-7,12,16H,8-11H2,1-2H3. The fourth-order valence-corrected chi connectivity index (χ4v) is 4.32. The van der Waals surface area contributed by atoms with Crippen LogP contribution in [0.15, 0.2) is 30.3 Å². The first-order chi connectivity index (χ1) is 8.80. The molecular formula is C14H21NO3S. The van der Waals surface area contributed by atoms with Gasteiger partial charge in [0.15, 0.2) is 0 Å². The minimum absolute atomic E-state index is 0.0447. The third kappa shape index (κ3) is 3.55. The zero-order valence-corrected chi connectivity index (χ0v) is 12.2. The SMILES string of the molecule is CC(CS(=O)(=O)N1CCC(C)(O)C1)c1ccccc1. The van der Waals surface area contributed by atoms with Crippen LogP contribution in [0, 0.1) is 0 Å². The molecule has 4 nitrogen and oxygen atoms in total. The van der Waals surface area contributed by atoms with Gasteiger partial charge in [-0.2, -0.15) is 4.31 Å². The molecule has 2 rings (SSSR count). The summed E-state index contributed by atoms with van der Waals surface area (Å²) in [5.74, 6) is 0.0457. The van der Waals surface area contributed by atoms with Crippen molar-refractivity contribution in [1.82, 2.24) is 4.31 Å². The van der Waals surface area contributed by atoms with Gasteiger partial charge in [-0.25, -0.2) is 8.42 Å². The number of β-amino-alcohol motifs (C(OH)–C–C–N with tert-alkyl or cyclic N) is 1. The molecule has 5 heteroatoms. The highest BCUT2D eigenvalue weighted by molar-refractivity contribution is 7.89. The molecule has 2 unspecified atom stereocenters. The average molecular weight is 283 g/mol. The van der Waals surface area contributed by atoms with E-state index in [0.29, 0.717) is 13.0 Å². The lowest BCUT2D eigenvalue weighted by Gasteiger charge is -2.21.